The summed E-state index contributed by atoms with van der Waals surface area (Å²) in [4.78, 5) is 27.5. The molecule has 180 valence electrons. The molecular weight excluding hydrogens is 424 g/mol. The van der Waals surface area contributed by atoms with Crippen LogP contribution in [0.3, 0.4) is 0 Å². The van der Waals surface area contributed by atoms with Gasteiger partial charge in [-0.2, -0.15) is 0 Å². The van der Waals surface area contributed by atoms with Crippen molar-refractivity contribution in [1.29, 1.82) is 0 Å². The summed E-state index contributed by atoms with van der Waals surface area (Å²) in [5.41, 5.74) is 3.65. The Morgan fingerprint density at radius 1 is 1.09 bits per heavy atom. The summed E-state index contributed by atoms with van der Waals surface area (Å²) in [5.74, 6) is 1.47. The number of carbonyl (C=O) groups excluding carboxylic acids is 1. The van der Waals surface area contributed by atoms with Crippen molar-refractivity contribution < 1.29 is 9.21 Å². The van der Waals surface area contributed by atoms with E-state index in [0.29, 0.717) is 11.6 Å². The molecule has 0 saturated carbocycles. The molecule has 2 fully saturated rings. The highest BCUT2D eigenvalue weighted by atomic mass is 16.3. The topological polar surface area (TPSA) is 62.5 Å². The van der Waals surface area contributed by atoms with E-state index < -0.39 is 0 Å². The Labute approximate surface area is 202 Å². The molecule has 0 aliphatic carbocycles. The van der Waals surface area contributed by atoms with E-state index in [0.717, 1.165) is 87.2 Å². The van der Waals surface area contributed by atoms with Gasteiger partial charge in [-0.1, -0.05) is 19.1 Å². The number of likely N-dealkylation sites (tertiary alicyclic amines) is 2. The fraction of sp³-hybridized carbons (Fsp3) is 0.536. The molecule has 2 saturated heterocycles. The van der Waals surface area contributed by atoms with Gasteiger partial charge in [-0.25, -0.2) is 9.97 Å². The molecule has 2 aliphatic heterocycles. The molecule has 0 bridgehead atoms. The number of amides is 1. The number of rotatable bonds is 4. The summed E-state index contributed by atoms with van der Waals surface area (Å²) in [7, 11) is 2.16. The number of hydrogen-bond donors (Lipinski definition) is 0. The number of nitrogens with zero attached hydrogens (tertiary/aromatic N) is 4. The van der Waals surface area contributed by atoms with Crippen LogP contribution in [0.5, 0.6) is 0 Å². The minimum absolute atomic E-state index is 0.0564. The van der Waals surface area contributed by atoms with Crippen LogP contribution < -0.4 is 0 Å². The third kappa shape index (κ3) is 4.88. The maximum atomic E-state index is 13.5. The molecule has 5 rings (SSSR count). The summed E-state index contributed by atoms with van der Waals surface area (Å²) in [5, 5.41) is 1.15. The third-order valence-electron chi connectivity index (χ3n) is 7.88. The van der Waals surface area contributed by atoms with Gasteiger partial charge in [0.15, 0.2) is 0 Å². The van der Waals surface area contributed by atoms with Crippen LogP contribution in [0.1, 0.15) is 66.6 Å². The predicted molar refractivity (Wildman–Crippen MR) is 134 cm³/mol. The lowest BCUT2D eigenvalue weighted by atomic mass is 9.79. The van der Waals surface area contributed by atoms with Crippen LogP contribution in [0.4, 0.5) is 0 Å². The van der Waals surface area contributed by atoms with Gasteiger partial charge in [0.2, 0.25) is 0 Å². The average Bonchev–Trinajstić information content (AvgIpc) is 3.18. The summed E-state index contributed by atoms with van der Waals surface area (Å²) < 4.78 is 5.58. The first-order chi connectivity index (χ1) is 16.4. The number of aryl methyl sites for hydroxylation is 1. The first-order valence-electron chi connectivity index (χ1n) is 12.7. The van der Waals surface area contributed by atoms with Gasteiger partial charge in [-0.05, 0) is 95.3 Å². The van der Waals surface area contributed by atoms with Gasteiger partial charge in [0.1, 0.15) is 17.1 Å². The molecule has 4 heterocycles. The van der Waals surface area contributed by atoms with Crippen molar-refractivity contribution in [2.24, 2.45) is 5.92 Å². The lowest BCUT2D eigenvalue weighted by Crippen LogP contribution is -2.40. The highest BCUT2D eigenvalue weighted by Crippen LogP contribution is 2.33. The zero-order valence-electron chi connectivity index (χ0n) is 20.7. The van der Waals surface area contributed by atoms with E-state index in [4.69, 9.17) is 14.4 Å². The third-order valence-corrected chi connectivity index (χ3v) is 7.88. The van der Waals surface area contributed by atoms with Crippen molar-refractivity contribution >= 4 is 16.9 Å². The first-order valence-corrected chi connectivity index (χ1v) is 12.7. The highest BCUT2D eigenvalue weighted by Gasteiger charge is 2.34. The van der Waals surface area contributed by atoms with Crippen molar-refractivity contribution in [2.45, 2.75) is 57.8 Å². The van der Waals surface area contributed by atoms with Crippen molar-refractivity contribution in [3.05, 3.63) is 59.4 Å². The predicted octanol–water partition coefficient (Wildman–Crippen LogP) is 5.00. The van der Waals surface area contributed by atoms with Gasteiger partial charge >= 0.3 is 0 Å². The van der Waals surface area contributed by atoms with Crippen molar-refractivity contribution in [3.8, 4) is 0 Å². The summed E-state index contributed by atoms with van der Waals surface area (Å²) in [6.45, 7) is 7.89. The average molecular weight is 461 g/mol. The standard InChI is InChI=1S/C28H36N4O2/c1-20-17-24(30-27(29-20)28(2)10-14-31(3)15-11-28)26(33)32-12-4-5-21(8-13-32)18-22-6-7-23-9-16-34-25(23)19-22/h6-7,9,16-17,19,21H,4-5,8,10-15,18H2,1-3H3/t21-/m1/s1. The number of piperidine rings is 1. The molecule has 6 nitrogen and oxygen atoms in total. The second kappa shape index (κ2) is 9.49. The zero-order valence-corrected chi connectivity index (χ0v) is 20.7. The molecule has 3 aromatic rings. The Balaban J connectivity index is 1.26. The number of aromatic nitrogens is 2. The number of benzene rings is 1. The summed E-state index contributed by atoms with van der Waals surface area (Å²) in [6, 6.07) is 10.4. The van der Waals surface area contributed by atoms with E-state index in [2.05, 4.69) is 37.1 Å². The lowest BCUT2D eigenvalue weighted by molar-refractivity contribution is 0.0752. The normalized spacial score (nSPS) is 21.5. The van der Waals surface area contributed by atoms with Crippen LogP contribution in [-0.2, 0) is 11.8 Å². The van der Waals surface area contributed by atoms with Gasteiger partial charge in [-0.3, -0.25) is 4.79 Å². The van der Waals surface area contributed by atoms with E-state index in [-0.39, 0.29) is 11.3 Å². The smallest absolute Gasteiger partial charge is 0.272 e. The molecule has 0 spiro atoms. The second-order valence-electron chi connectivity index (χ2n) is 10.7. The van der Waals surface area contributed by atoms with Crippen LogP contribution in [0, 0.1) is 12.8 Å². The van der Waals surface area contributed by atoms with Gasteiger partial charge in [0, 0.05) is 29.6 Å². The highest BCUT2D eigenvalue weighted by molar-refractivity contribution is 5.92. The van der Waals surface area contributed by atoms with Crippen LogP contribution in [0.15, 0.2) is 41.0 Å². The minimum Gasteiger partial charge on any atom is -0.464 e. The lowest BCUT2D eigenvalue weighted by Gasteiger charge is -2.36. The van der Waals surface area contributed by atoms with Gasteiger partial charge in [-0.15, -0.1) is 0 Å². The van der Waals surface area contributed by atoms with Crippen LogP contribution in [0.2, 0.25) is 0 Å². The molecule has 2 aromatic heterocycles. The van der Waals surface area contributed by atoms with Crippen molar-refractivity contribution in [1.82, 2.24) is 19.8 Å². The van der Waals surface area contributed by atoms with Gasteiger partial charge in [0.25, 0.3) is 5.91 Å². The van der Waals surface area contributed by atoms with Crippen molar-refractivity contribution in [2.75, 3.05) is 33.2 Å². The van der Waals surface area contributed by atoms with E-state index >= 15 is 0 Å². The summed E-state index contributed by atoms with van der Waals surface area (Å²) >= 11 is 0. The Morgan fingerprint density at radius 2 is 1.91 bits per heavy atom. The zero-order chi connectivity index (χ0) is 23.7. The molecule has 1 aromatic carbocycles. The van der Waals surface area contributed by atoms with E-state index in [9.17, 15) is 4.79 Å². The maximum absolute atomic E-state index is 13.5. The summed E-state index contributed by atoms with van der Waals surface area (Å²) in [6.07, 6.45) is 8.01. The molecule has 0 unspecified atom stereocenters. The SMILES string of the molecule is Cc1cc(C(=O)N2CCC[C@@H](Cc3ccc4ccoc4c3)CC2)nc(C2(C)CCN(C)CC2)n1. The molecule has 2 aliphatic rings. The number of fused-ring (bicyclic) bond motifs is 1. The first kappa shape index (κ1) is 23.0. The van der Waals surface area contributed by atoms with Crippen molar-refractivity contribution in [3.63, 3.8) is 0 Å². The van der Waals surface area contributed by atoms with E-state index in [1.807, 2.05) is 24.0 Å². The van der Waals surface area contributed by atoms with E-state index in [1.165, 1.54) is 5.56 Å². The Morgan fingerprint density at radius 3 is 2.74 bits per heavy atom. The molecule has 6 heteroatoms. The quantitative estimate of drug-likeness (QED) is 0.548. The largest absolute Gasteiger partial charge is 0.464 e. The molecule has 1 atom stereocenters. The molecule has 1 amide bonds. The fourth-order valence-corrected chi connectivity index (χ4v) is 5.48. The second-order valence-corrected chi connectivity index (χ2v) is 10.7. The molecule has 0 N–H and O–H groups in total. The Kier molecular flexibility index (Phi) is 6.43. The maximum Gasteiger partial charge on any atom is 0.272 e. The fourth-order valence-electron chi connectivity index (χ4n) is 5.48. The van der Waals surface area contributed by atoms with E-state index in [1.54, 1.807) is 6.26 Å². The molecular formula is C28H36N4O2. The Hall–Kier alpha value is -2.73. The van der Waals surface area contributed by atoms with Crippen LogP contribution >= 0.6 is 0 Å². The number of carbonyl (C=O) groups is 1. The number of hydrogen-bond acceptors (Lipinski definition) is 5. The Bertz CT molecular complexity index is 1160. The molecule has 0 radical (unpaired) electrons. The van der Waals surface area contributed by atoms with Gasteiger partial charge < -0.3 is 14.2 Å². The number of furan rings is 1. The monoisotopic (exact) mass is 460 g/mol. The van der Waals surface area contributed by atoms with Crippen LogP contribution in [-0.4, -0.2) is 58.9 Å². The molecule has 34 heavy (non-hydrogen) atoms. The minimum atomic E-state index is -0.0630. The van der Waals surface area contributed by atoms with Gasteiger partial charge in [0.05, 0.1) is 6.26 Å². The van der Waals surface area contributed by atoms with Crippen LogP contribution in [0.25, 0.3) is 11.0 Å².